The Labute approximate surface area is 211 Å². The lowest BCUT2D eigenvalue weighted by Gasteiger charge is -2.29. The maximum atomic E-state index is 15.0. The fourth-order valence-corrected chi connectivity index (χ4v) is 4.67. The standard InChI is InChI=1S/C31H33F3O2/c1-3-5-6-7-21-8-16-28(36-20-21)26-14-13-24(19-27(26)32)22-9-11-23(12-10-22)25-15-17-29(35-18-4-2)31(34)30(25)33/h3,5,9-15,17,19,21,28H,4,6-8,16,18,20H2,1-2H3/b5-3+. The zero-order valence-electron chi connectivity index (χ0n) is 20.9. The Morgan fingerprint density at radius 1 is 0.917 bits per heavy atom. The van der Waals surface area contributed by atoms with Gasteiger partial charge in [0.2, 0.25) is 5.82 Å². The normalized spacial score (nSPS) is 18.0. The molecule has 4 rings (SSSR count). The molecule has 0 aliphatic carbocycles. The molecule has 0 aromatic heterocycles. The van der Waals surface area contributed by atoms with E-state index in [-0.39, 0.29) is 23.2 Å². The van der Waals surface area contributed by atoms with Gasteiger partial charge in [-0.25, -0.2) is 8.78 Å². The molecule has 0 amide bonds. The summed E-state index contributed by atoms with van der Waals surface area (Å²) in [7, 11) is 0. The molecule has 0 saturated carbocycles. The van der Waals surface area contributed by atoms with E-state index < -0.39 is 11.6 Å². The molecule has 2 atom stereocenters. The molecule has 3 aromatic carbocycles. The van der Waals surface area contributed by atoms with Crippen molar-refractivity contribution in [1.29, 1.82) is 0 Å². The van der Waals surface area contributed by atoms with Crippen LogP contribution in [0, 0.1) is 23.4 Å². The highest BCUT2D eigenvalue weighted by molar-refractivity contribution is 5.71. The molecular formula is C31H33F3O2. The van der Waals surface area contributed by atoms with Crippen molar-refractivity contribution in [2.24, 2.45) is 5.92 Å². The maximum absolute atomic E-state index is 15.0. The summed E-state index contributed by atoms with van der Waals surface area (Å²) in [5, 5.41) is 0. The Morgan fingerprint density at radius 3 is 2.33 bits per heavy atom. The molecule has 2 unspecified atom stereocenters. The van der Waals surface area contributed by atoms with E-state index in [9.17, 15) is 8.78 Å². The van der Waals surface area contributed by atoms with Crippen LogP contribution in [0.2, 0.25) is 0 Å². The molecule has 3 aromatic rings. The number of hydrogen-bond donors (Lipinski definition) is 0. The minimum Gasteiger partial charge on any atom is -0.490 e. The van der Waals surface area contributed by atoms with Gasteiger partial charge in [0.15, 0.2) is 11.6 Å². The Hall–Kier alpha value is -3.05. The van der Waals surface area contributed by atoms with E-state index in [4.69, 9.17) is 9.47 Å². The van der Waals surface area contributed by atoms with Gasteiger partial charge in [-0.2, -0.15) is 4.39 Å². The number of benzene rings is 3. The fourth-order valence-electron chi connectivity index (χ4n) is 4.67. The van der Waals surface area contributed by atoms with Gasteiger partial charge in [0.25, 0.3) is 0 Å². The van der Waals surface area contributed by atoms with Gasteiger partial charge in [-0.1, -0.05) is 55.5 Å². The van der Waals surface area contributed by atoms with Gasteiger partial charge in [-0.05, 0) is 79.8 Å². The lowest BCUT2D eigenvalue weighted by atomic mass is 9.90. The van der Waals surface area contributed by atoms with Crippen LogP contribution < -0.4 is 4.74 Å². The molecule has 0 radical (unpaired) electrons. The minimum absolute atomic E-state index is 0.0867. The number of halogens is 3. The van der Waals surface area contributed by atoms with Gasteiger partial charge in [-0.15, -0.1) is 0 Å². The van der Waals surface area contributed by atoms with Crippen molar-refractivity contribution in [3.05, 3.63) is 89.8 Å². The van der Waals surface area contributed by atoms with Gasteiger partial charge in [0.05, 0.1) is 19.3 Å². The third-order valence-corrected chi connectivity index (χ3v) is 6.73. The van der Waals surface area contributed by atoms with Crippen LogP contribution in [0.15, 0.2) is 66.7 Å². The quantitative estimate of drug-likeness (QED) is 0.276. The fraction of sp³-hybridized carbons (Fsp3) is 0.355. The first kappa shape index (κ1) is 26.0. The average molecular weight is 495 g/mol. The van der Waals surface area contributed by atoms with Gasteiger partial charge in [0.1, 0.15) is 5.82 Å². The van der Waals surface area contributed by atoms with Crippen molar-refractivity contribution < 1.29 is 22.6 Å². The van der Waals surface area contributed by atoms with Crippen molar-refractivity contribution in [1.82, 2.24) is 0 Å². The van der Waals surface area contributed by atoms with Crippen molar-refractivity contribution in [2.45, 2.75) is 52.1 Å². The molecule has 2 nitrogen and oxygen atoms in total. The van der Waals surface area contributed by atoms with Crippen LogP contribution in [-0.4, -0.2) is 13.2 Å². The molecule has 190 valence electrons. The largest absolute Gasteiger partial charge is 0.490 e. The molecule has 36 heavy (non-hydrogen) atoms. The molecule has 1 aliphatic rings. The summed E-state index contributed by atoms with van der Waals surface area (Å²) in [5.74, 6) is -1.78. The van der Waals surface area contributed by atoms with E-state index in [0.29, 0.717) is 36.7 Å². The van der Waals surface area contributed by atoms with Crippen LogP contribution in [0.25, 0.3) is 22.3 Å². The molecule has 1 fully saturated rings. The molecule has 0 N–H and O–H groups in total. The summed E-state index contributed by atoms with van der Waals surface area (Å²) in [5.41, 5.74) is 2.79. The minimum atomic E-state index is -0.989. The summed E-state index contributed by atoms with van der Waals surface area (Å²) in [6.45, 7) is 4.91. The monoisotopic (exact) mass is 494 g/mol. The molecule has 1 aliphatic heterocycles. The Balaban J connectivity index is 1.44. The summed E-state index contributed by atoms with van der Waals surface area (Å²) < 4.78 is 55.4. The van der Waals surface area contributed by atoms with Crippen molar-refractivity contribution >= 4 is 0 Å². The number of hydrogen-bond acceptors (Lipinski definition) is 2. The van der Waals surface area contributed by atoms with Crippen LogP contribution >= 0.6 is 0 Å². The molecule has 0 spiro atoms. The van der Waals surface area contributed by atoms with Crippen molar-refractivity contribution in [3.8, 4) is 28.0 Å². The van der Waals surface area contributed by atoms with Crippen molar-refractivity contribution in [3.63, 3.8) is 0 Å². The predicted molar refractivity (Wildman–Crippen MR) is 138 cm³/mol. The van der Waals surface area contributed by atoms with Gasteiger partial charge >= 0.3 is 0 Å². The van der Waals surface area contributed by atoms with E-state index in [1.807, 2.05) is 19.9 Å². The Bertz CT molecular complexity index is 1180. The molecule has 1 heterocycles. The van der Waals surface area contributed by atoms with E-state index in [1.165, 1.54) is 18.2 Å². The van der Waals surface area contributed by atoms with E-state index in [0.717, 1.165) is 36.8 Å². The van der Waals surface area contributed by atoms with E-state index in [2.05, 4.69) is 12.2 Å². The van der Waals surface area contributed by atoms with Gasteiger partial charge < -0.3 is 9.47 Å². The number of allylic oxidation sites excluding steroid dienone is 2. The highest BCUT2D eigenvalue weighted by atomic mass is 19.2. The second kappa shape index (κ2) is 12.3. The number of ether oxygens (including phenoxy) is 2. The third-order valence-electron chi connectivity index (χ3n) is 6.73. The molecule has 0 bridgehead atoms. The first-order chi connectivity index (χ1) is 17.5. The predicted octanol–water partition coefficient (Wildman–Crippen LogP) is 9.05. The van der Waals surface area contributed by atoms with E-state index in [1.54, 1.807) is 30.3 Å². The van der Waals surface area contributed by atoms with Crippen molar-refractivity contribution in [2.75, 3.05) is 13.2 Å². The first-order valence-corrected chi connectivity index (χ1v) is 12.8. The van der Waals surface area contributed by atoms with Gasteiger partial charge in [-0.3, -0.25) is 0 Å². The first-order valence-electron chi connectivity index (χ1n) is 12.8. The zero-order valence-corrected chi connectivity index (χ0v) is 20.9. The maximum Gasteiger partial charge on any atom is 0.201 e. The molecular weight excluding hydrogens is 461 g/mol. The Morgan fingerprint density at radius 2 is 1.67 bits per heavy atom. The molecule has 5 heteroatoms. The lowest BCUT2D eigenvalue weighted by Crippen LogP contribution is -2.21. The van der Waals surface area contributed by atoms with E-state index >= 15 is 4.39 Å². The summed E-state index contributed by atoms with van der Waals surface area (Å²) in [4.78, 5) is 0. The van der Waals surface area contributed by atoms with Crippen LogP contribution in [0.4, 0.5) is 13.2 Å². The summed E-state index contributed by atoms with van der Waals surface area (Å²) >= 11 is 0. The summed E-state index contributed by atoms with van der Waals surface area (Å²) in [6, 6.07) is 15.2. The van der Waals surface area contributed by atoms with Crippen LogP contribution in [0.3, 0.4) is 0 Å². The lowest BCUT2D eigenvalue weighted by molar-refractivity contribution is -0.0207. The molecule has 1 saturated heterocycles. The second-order valence-corrected chi connectivity index (χ2v) is 9.31. The second-order valence-electron chi connectivity index (χ2n) is 9.31. The number of rotatable bonds is 9. The smallest absolute Gasteiger partial charge is 0.201 e. The average Bonchev–Trinajstić information content (AvgIpc) is 2.90. The SMILES string of the molecule is C/C=C/CCC1CCC(c2ccc(-c3ccc(-c4ccc(OCCC)c(F)c4F)cc3)cc2F)OC1. The third kappa shape index (κ3) is 6.01. The highest BCUT2D eigenvalue weighted by Crippen LogP contribution is 2.36. The zero-order chi connectivity index (χ0) is 25.5. The van der Waals surface area contributed by atoms with Crippen LogP contribution in [0.5, 0.6) is 5.75 Å². The summed E-state index contributed by atoms with van der Waals surface area (Å²) in [6.07, 6.45) is 8.72. The van der Waals surface area contributed by atoms with Crippen LogP contribution in [0.1, 0.15) is 57.6 Å². The van der Waals surface area contributed by atoms with Crippen LogP contribution in [-0.2, 0) is 4.74 Å². The van der Waals surface area contributed by atoms with Gasteiger partial charge in [0, 0.05) is 11.1 Å². The topological polar surface area (TPSA) is 18.5 Å². The highest BCUT2D eigenvalue weighted by Gasteiger charge is 2.25. The Kier molecular flexibility index (Phi) is 8.87.